The number of benzene rings is 1. The molecule has 1 aromatic carbocycles. The maximum absolute atomic E-state index is 12.9. The van der Waals surface area contributed by atoms with Crippen molar-refractivity contribution in [3.05, 3.63) is 57.9 Å². The molecule has 2 aromatic rings. The highest BCUT2D eigenvalue weighted by Gasteiger charge is 2.28. The monoisotopic (exact) mass is 404 g/mol. The molecule has 0 aliphatic carbocycles. The van der Waals surface area contributed by atoms with Gasteiger partial charge in [0.1, 0.15) is 5.69 Å². The standard InChI is InChI=1S/C19H24N4O4S/c1-15-13-20-9-8-16(15)14-21-18-7-6-17(12-19(18)23(24)25)28(26,27)22-10-4-2-3-5-11-22/h6-9,12-13,21H,2-5,10-11,14H2,1H3. The summed E-state index contributed by atoms with van der Waals surface area (Å²) in [6.45, 7) is 3.21. The van der Waals surface area contributed by atoms with Crippen molar-refractivity contribution < 1.29 is 13.3 Å². The molecule has 1 fully saturated rings. The van der Waals surface area contributed by atoms with Crippen molar-refractivity contribution in [3.63, 3.8) is 0 Å². The van der Waals surface area contributed by atoms with Gasteiger partial charge in [0.2, 0.25) is 10.0 Å². The summed E-state index contributed by atoms with van der Waals surface area (Å²) in [7, 11) is -3.74. The summed E-state index contributed by atoms with van der Waals surface area (Å²) in [5.74, 6) is 0. The van der Waals surface area contributed by atoms with Crippen molar-refractivity contribution >= 4 is 21.4 Å². The highest BCUT2D eigenvalue weighted by atomic mass is 32.2. The molecule has 0 spiro atoms. The van der Waals surface area contributed by atoms with Gasteiger partial charge in [0, 0.05) is 38.1 Å². The number of nitrogens with one attached hydrogen (secondary N) is 1. The van der Waals surface area contributed by atoms with Gasteiger partial charge in [-0.2, -0.15) is 4.31 Å². The fraction of sp³-hybridized carbons (Fsp3) is 0.421. The highest BCUT2D eigenvalue weighted by molar-refractivity contribution is 7.89. The zero-order chi connectivity index (χ0) is 20.1. The van der Waals surface area contributed by atoms with Gasteiger partial charge in [-0.3, -0.25) is 15.1 Å². The topological polar surface area (TPSA) is 105 Å². The molecule has 1 aromatic heterocycles. The lowest BCUT2D eigenvalue weighted by Crippen LogP contribution is -2.32. The largest absolute Gasteiger partial charge is 0.375 e. The Labute approximate surface area is 164 Å². The highest BCUT2D eigenvalue weighted by Crippen LogP contribution is 2.30. The zero-order valence-corrected chi connectivity index (χ0v) is 16.6. The number of anilines is 1. The summed E-state index contributed by atoms with van der Waals surface area (Å²) < 4.78 is 27.3. The van der Waals surface area contributed by atoms with Gasteiger partial charge in [-0.05, 0) is 49.1 Å². The summed E-state index contributed by atoms with van der Waals surface area (Å²) in [4.78, 5) is 15.0. The summed E-state index contributed by atoms with van der Waals surface area (Å²) in [6.07, 6.45) is 7.02. The van der Waals surface area contributed by atoms with Gasteiger partial charge >= 0.3 is 0 Å². The first-order chi connectivity index (χ1) is 13.4. The number of nitrogens with zero attached hydrogens (tertiary/aromatic N) is 3. The minimum Gasteiger partial charge on any atom is -0.375 e. The minimum atomic E-state index is -3.74. The molecule has 0 saturated carbocycles. The smallest absolute Gasteiger partial charge is 0.293 e. The summed E-state index contributed by atoms with van der Waals surface area (Å²) >= 11 is 0. The van der Waals surface area contributed by atoms with Crippen LogP contribution >= 0.6 is 0 Å². The molecule has 1 N–H and O–H groups in total. The number of hydrogen-bond acceptors (Lipinski definition) is 6. The molecule has 1 saturated heterocycles. The van der Waals surface area contributed by atoms with E-state index >= 15 is 0 Å². The van der Waals surface area contributed by atoms with Gasteiger partial charge < -0.3 is 5.32 Å². The number of hydrogen-bond donors (Lipinski definition) is 1. The van der Waals surface area contributed by atoms with E-state index in [0.717, 1.165) is 42.9 Å². The van der Waals surface area contributed by atoms with E-state index in [2.05, 4.69) is 10.3 Å². The van der Waals surface area contributed by atoms with E-state index in [4.69, 9.17) is 0 Å². The van der Waals surface area contributed by atoms with Crippen molar-refractivity contribution in [2.75, 3.05) is 18.4 Å². The predicted molar refractivity (Wildman–Crippen MR) is 107 cm³/mol. The Hall–Kier alpha value is -2.52. The third-order valence-electron chi connectivity index (χ3n) is 4.97. The first-order valence-electron chi connectivity index (χ1n) is 9.31. The Morgan fingerprint density at radius 1 is 1.18 bits per heavy atom. The SMILES string of the molecule is Cc1cnccc1CNc1ccc(S(=O)(=O)N2CCCCCC2)cc1[N+](=O)[O-]. The van der Waals surface area contributed by atoms with Crippen molar-refractivity contribution in [1.29, 1.82) is 0 Å². The van der Waals surface area contributed by atoms with E-state index < -0.39 is 14.9 Å². The van der Waals surface area contributed by atoms with E-state index in [9.17, 15) is 18.5 Å². The molecule has 28 heavy (non-hydrogen) atoms. The summed E-state index contributed by atoms with van der Waals surface area (Å²) in [6, 6.07) is 5.91. The Morgan fingerprint density at radius 3 is 2.54 bits per heavy atom. The number of aryl methyl sites for hydroxylation is 1. The molecule has 8 nitrogen and oxygen atoms in total. The van der Waals surface area contributed by atoms with Crippen molar-refractivity contribution in [1.82, 2.24) is 9.29 Å². The van der Waals surface area contributed by atoms with Crippen LogP contribution in [0.3, 0.4) is 0 Å². The normalized spacial score (nSPS) is 15.8. The average molecular weight is 404 g/mol. The van der Waals surface area contributed by atoms with Crippen LogP contribution in [0.25, 0.3) is 0 Å². The van der Waals surface area contributed by atoms with Crippen LogP contribution in [-0.2, 0) is 16.6 Å². The number of pyridine rings is 1. The molecular weight excluding hydrogens is 380 g/mol. The number of rotatable bonds is 6. The van der Waals surface area contributed by atoms with Gasteiger partial charge in [0.15, 0.2) is 0 Å². The first kappa shape index (κ1) is 20.2. The number of nitro groups is 1. The van der Waals surface area contributed by atoms with Crippen LogP contribution in [0, 0.1) is 17.0 Å². The van der Waals surface area contributed by atoms with Gasteiger partial charge in [0.25, 0.3) is 5.69 Å². The average Bonchev–Trinajstić information content (AvgIpc) is 2.97. The van der Waals surface area contributed by atoms with Crippen LogP contribution in [0.1, 0.15) is 36.8 Å². The Balaban J connectivity index is 1.86. The van der Waals surface area contributed by atoms with Crippen LogP contribution in [0.2, 0.25) is 0 Å². The van der Waals surface area contributed by atoms with Crippen molar-refractivity contribution in [2.24, 2.45) is 0 Å². The molecule has 0 atom stereocenters. The number of aromatic nitrogens is 1. The lowest BCUT2D eigenvalue weighted by atomic mass is 10.1. The fourth-order valence-electron chi connectivity index (χ4n) is 3.29. The molecule has 0 radical (unpaired) electrons. The molecular formula is C19H24N4O4S. The number of sulfonamides is 1. The van der Waals surface area contributed by atoms with E-state index in [0.29, 0.717) is 19.6 Å². The van der Waals surface area contributed by atoms with Crippen LogP contribution in [0.4, 0.5) is 11.4 Å². The van der Waals surface area contributed by atoms with Gasteiger partial charge in [-0.25, -0.2) is 8.42 Å². The van der Waals surface area contributed by atoms with Crippen LogP contribution in [-0.4, -0.2) is 35.7 Å². The van der Waals surface area contributed by atoms with E-state index in [1.165, 1.54) is 16.4 Å². The van der Waals surface area contributed by atoms with Crippen molar-refractivity contribution in [2.45, 2.75) is 44.0 Å². The van der Waals surface area contributed by atoms with Gasteiger partial charge in [-0.1, -0.05) is 12.8 Å². The molecule has 0 bridgehead atoms. The minimum absolute atomic E-state index is 0.0354. The maximum atomic E-state index is 12.9. The van der Waals surface area contributed by atoms with E-state index in [1.807, 2.05) is 13.0 Å². The molecule has 1 aliphatic rings. The predicted octanol–water partition coefficient (Wildman–Crippen LogP) is 3.48. The lowest BCUT2D eigenvalue weighted by molar-refractivity contribution is -0.384. The van der Waals surface area contributed by atoms with Gasteiger partial charge in [0.05, 0.1) is 9.82 Å². The number of nitro benzene ring substituents is 1. The first-order valence-corrected chi connectivity index (χ1v) is 10.8. The Kier molecular flexibility index (Phi) is 6.25. The molecule has 9 heteroatoms. The molecule has 0 amide bonds. The quantitative estimate of drug-likeness (QED) is 0.584. The van der Waals surface area contributed by atoms with Crippen LogP contribution in [0.5, 0.6) is 0 Å². The third-order valence-corrected chi connectivity index (χ3v) is 6.87. The molecule has 0 unspecified atom stereocenters. The lowest BCUT2D eigenvalue weighted by Gasteiger charge is -2.20. The molecule has 1 aliphatic heterocycles. The third kappa shape index (κ3) is 4.48. The second-order valence-electron chi connectivity index (χ2n) is 6.91. The second kappa shape index (κ2) is 8.66. The summed E-state index contributed by atoms with van der Waals surface area (Å²) in [5, 5.41) is 14.6. The second-order valence-corrected chi connectivity index (χ2v) is 8.85. The molecule has 150 valence electrons. The zero-order valence-electron chi connectivity index (χ0n) is 15.8. The fourth-order valence-corrected chi connectivity index (χ4v) is 4.83. The molecule has 2 heterocycles. The van der Waals surface area contributed by atoms with Crippen LogP contribution in [0.15, 0.2) is 41.6 Å². The summed E-state index contributed by atoms with van der Waals surface area (Å²) in [5.41, 5.74) is 1.97. The van der Waals surface area contributed by atoms with E-state index in [1.54, 1.807) is 12.4 Å². The van der Waals surface area contributed by atoms with Crippen molar-refractivity contribution in [3.8, 4) is 0 Å². The Bertz CT molecular complexity index is 954. The molecule has 3 rings (SSSR count). The maximum Gasteiger partial charge on any atom is 0.293 e. The van der Waals surface area contributed by atoms with E-state index in [-0.39, 0.29) is 16.3 Å². The van der Waals surface area contributed by atoms with Crippen LogP contribution < -0.4 is 5.32 Å². The Morgan fingerprint density at radius 2 is 1.89 bits per heavy atom. The van der Waals surface area contributed by atoms with Gasteiger partial charge in [-0.15, -0.1) is 0 Å².